The maximum atomic E-state index is 12.7. The van der Waals surface area contributed by atoms with Crippen LogP contribution in [0.2, 0.25) is 0 Å². The minimum absolute atomic E-state index is 0.185. The third-order valence-electron chi connectivity index (χ3n) is 4.15. The lowest BCUT2D eigenvalue weighted by atomic mass is 10.1. The molecule has 0 bridgehead atoms. The van der Waals surface area contributed by atoms with Gasteiger partial charge in [0, 0.05) is 11.1 Å². The fourth-order valence-corrected chi connectivity index (χ4v) is 3.63. The van der Waals surface area contributed by atoms with Gasteiger partial charge in [-0.25, -0.2) is 13.2 Å². The summed E-state index contributed by atoms with van der Waals surface area (Å²) in [6.45, 7) is 1.90. The second-order valence-electron chi connectivity index (χ2n) is 6.28. The Morgan fingerprint density at radius 3 is 2.21 bits per heavy atom. The Morgan fingerprint density at radius 1 is 0.897 bits per heavy atom. The molecule has 0 aliphatic rings. The van der Waals surface area contributed by atoms with Crippen LogP contribution in [0.3, 0.4) is 0 Å². The van der Waals surface area contributed by atoms with Gasteiger partial charge in [0.2, 0.25) is 0 Å². The monoisotopic (exact) mass is 405 g/mol. The molecule has 6 heteroatoms. The van der Waals surface area contributed by atoms with E-state index in [0.717, 1.165) is 5.56 Å². The average Bonchev–Trinajstić information content (AvgIpc) is 2.73. The molecule has 5 nitrogen and oxygen atoms in total. The molecule has 3 aromatic carbocycles. The zero-order valence-electron chi connectivity index (χ0n) is 16.0. The molecule has 0 spiro atoms. The molecule has 0 aliphatic heterocycles. The summed E-state index contributed by atoms with van der Waals surface area (Å²) in [6.07, 6.45) is 0. The first kappa shape index (κ1) is 20.2. The Kier molecular flexibility index (Phi) is 6.01. The van der Waals surface area contributed by atoms with E-state index in [-0.39, 0.29) is 4.90 Å². The van der Waals surface area contributed by atoms with Gasteiger partial charge in [0.1, 0.15) is 0 Å². The number of carbonyl (C=O) groups excluding carboxylic acids is 1. The minimum Gasteiger partial charge on any atom is -0.465 e. The van der Waals surface area contributed by atoms with Gasteiger partial charge in [0.15, 0.2) is 0 Å². The van der Waals surface area contributed by atoms with E-state index >= 15 is 0 Å². The van der Waals surface area contributed by atoms with Crippen LogP contribution in [0.1, 0.15) is 27.0 Å². The van der Waals surface area contributed by atoms with Gasteiger partial charge in [-0.3, -0.25) is 4.72 Å². The van der Waals surface area contributed by atoms with Crippen LogP contribution in [-0.2, 0) is 14.8 Å². The highest BCUT2D eigenvalue weighted by Crippen LogP contribution is 2.20. The summed E-state index contributed by atoms with van der Waals surface area (Å²) in [5.74, 6) is 5.55. The van der Waals surface area contributed by atoms with Crippen molar-refractivity contribution in [2.75, 3.05) is 11.8 Å². The summed E-state index contributed by atoms with van der Waals surface area (Å²) in [7, 11) is -2.40. The molecule has 0 heterocycles. The molecule has 146 valence electrons. The lowest BCUT2D eigenvalue weighted by molar-refractivity contribution is 0.0600. The van der Waals surface area contributed by atoms with Gasteiger partial charge < -0.3 is 4.74 Å². The molecule has 0 fully saturated rings. The molecule has 3 aromatic rings. The summed E-state index contributed by atoms with van der Waals surface area (Å²) in [5, 5.41) is 0. The predicted octanol–water partition coefficient (Wildman–Crippen LogP) is 3.98. The average molecular weight is 405 g/mol. The van der Waals surface area contributed by atoms with Crippen LogP contribution in [0.15, 0.2) is 77.7 Å². The molecule has 29 heavy (non-hydrogen) atoms. The van der Waals surface area contributed by atoms with Crippen molar-refractivity contribution < 1.29 is 17.9 Å². The van der Waals surface area contributed by atoms with Crippen LogP contribution in [0, 0.1) is 18.8 Å². The van der Waals surface area contributed by atoms with E-state index in [1.807, 2.05) is 6.92 Å². The van der Waals surface area contributed by atoms with Gasteiger partial charge in [-0.2, -0.15) is 0 Å². The van der Waals surface area contributed by atoms with Crippen molar-refractivity contribution in [3.05, 3.63) is 95.1 Å². The number of benzene rings is 3. The number of methoxy groups -OCH3 is 1. The third-order valence-corrected chi connectivity index (χ3v) is 5.53. The largest absolute Gasteiger partial charge is 0.465 e. The topological polar surface area (TPSA) is 72.5 Å². The van der Waals surface area contributed by atoms with Crippen LogP contribution >= 0.6 is 0 Å². The van der Waals surface area contributed by atoms with Crippen molar-refractivity contribution in [1.82, 2.24) is 0 Å². The van der Waals surface area contributed by atoms with Crippen LogP contribution in [0.5, 0.6) is 0 Å². The minimum atomic E-state index is -3.72. The van der Waals surface area contributed by atoms with Crippen LogP contribution in [0.4, 0.5) is 5.69 Å². The predicted molar refractivity (Wildman–Crippen MR) is 112 cm³/mol. The first-order valence-corrected chi connectivity index (χ1v) is 10.3. The Balaban J connectivity index is 1.86. The van der Waals surface area contributed by atoms with Crippen molar-refractivity contribution in [2.24, 2.45) is 0 Å². The van der Waals surface area contributed by atoms with Gasteiger partial charge in [-0.1, -0.05) is 41.7 Å². The zero-order chi connectivity index (χ0) is 20.9. The highest BCUT2D eigenvalue weighted by molar-refractivity contribution is 7.92. The molecule has 0 radical (unpaired) electrons. The van der Waals surface area contributed by atoms with E-state index in [1.54, 1.807) is 72.8 Å². The highest BCUT2D eigenvalue weighted by Gasteiger charge is 2.15. The van der Waals surface area contributed by atoms with Crippen LogP contribution < -0.4 is 4.72 Å². The molecule has 0 aliphatic carbocycles. The van der Waals surface area contributed by atoms with Crippen molar-refractivity contribution in [3.63, 3.8) is 0 Å². The number of rotatable bonds is 4. The maximum Gasteiger partial charge on any atom is 0.337 e. The molecule has 0 aromatic heterocycles. The summed E-state index contributed by atoms with van der Waals surface area (Å²) in [6, 6.07) is 20.2. The van der Waals surface area contributed by atoms with Crippen molar-refractivity contribution in [2.45, 2.75) is 11.8 Å². The van der Waals surface area contributed by atoms with E-state index in [2.05, 4.69) is 21.3 Å². The smallest absolute Gasteiger partial charge is 0.337 e. The number of esters is 1. The Labute approximate surface area is 170 Å². The SMILES string of the molecule is COC(=O)c1ccc(C#Cc2ccccc2NS(=O)(=O)c2ccc(C)cc2)cc1. The van der Waals surface area contributed by atoms with E-state index in [1.165, 1.54) is 7.11 Å². The first-order valence-electron chi connectivity index (χ1n) is 8.78. The quantitative estimate of drug-likeness (QED) is 0.526. The zero-order valence-corrected chi connectivity index (χ0v) is 16.8. The fraction of sp³-hybridized carbons (Fsp3) is 0.0870. The fourth-order valence-electron chi connectivity index (χ4n) is 2.55. The number of nitrogens with one attached hydrogen (secondary N) is 1. The second kappa shape index (κ2) is 8.63. The van der Waals surface area contributed by atoms with E-state index in [9.17, 15) is 13.2 Å². The number of carbonyl (C=O) groups is 1. The van der Waals surface area contributed by atoms with E-state index < -0.39 is 16.0 Å². The van der Waals surface area contributed by atoms with E-state index in [4.69, 9.17) is 0 Å². The lowest BCUT2D eigenvalue weighted by Gasteiger charge is -2.10. The Bertz CT molecular complexity index is 1190. The summed E-state index contributed by atoms with van der Waals surface area (Å²) in [4.78, 5) is 11.7. The number of anilines is 1. The van der Waals surface area contributed by atoms with E-state index in [0.29, 0.717) is 22.4 Å². The summed E-state index contributed by atoms with van der Waals surface area (Å²) >= 11 is 0. The number of aryl methyl sites for hydroxylation is 1. The Hall–Kier alpha value is -3.56. The maximum absolute atomic E-state index is 12.7. The standard InChI is InChI=1S/C23H19NO4S/c1-17-7-15-21(16-8-17)29(26,27)24-22-6-4-3-5-19(22)12-9-18-10-13-20(14-11-18)23(25)28-2/h3-8,10-11,13-16,24H,1-2H3. The number of hydrogen-bond acceptors (Lipinski definition) is 4. The molecule has 0 saturated heterocycles. The van der Waals surface area contributed by atoms with Crippen LogP contribution in [0.25, 0.3) is 0 Å². The van der Waals surface area contributed by atoms with Gasteiger partial charge in [0.25, 0.3) is 10.0 Å². The number of hydrogen-bond donors (Lipinski definition) is 1. The molecule has 0 unspecified atom stereocenters. The molecular weight excluding hydrogens is 386 g/mol. The molecule has 0 saturated carbocycles. The first-order chi connectivity index (χ1) is 13.9. The molecule has 0 atom stereocenters. The summed E-state index contributed by atoms with van der Waals surface area (Å²) < 4.78 is 32.6. The van der Waals surface area contributed by atoms with Crippen molar-refractivity contribution in [1.29, 1.82) is 0 Å². The molecular formula is C23H19NO4S. The summed E-state index contributed by atoms with van der Waals surface area (Å²) in [5.41, 5.74) is 3.04. The second-order valence-corrected chi connectivity index (χ2v) is 7.97. The highest BCUT2D eigenvalue weighted by atomic mass is 32.2. The number of sulfonamides is 1. The van der Waals surface area contributed by atoms with Crippen molar-refractivity contribution >= 4 is 21.7 Å². The van der Waals surface area contributed by atoms with Gasteiger partial charge in [-0.15, -0.1) is 0 Å². The van der Waals surface area contributed by atoms with Gasteiger partial charge in [0.05, 0.1) is 23.3 Å². The van der Waals surface area contributed by atoms with Crippen molar-refractivity contribution in [3.8, 4) is 11.8 Å². The Morgan fingerprint density at radius 2 is 1.55 bits per heavy atom. The molecule has 3 rings (SSSR count). The molecule has 0 amide bonds. The molecule has 1 N–H and O–H groups in total. The van der Waals surface area contributed by atoms with Crippen LogP contribution in [-0.4, -0.2) is 21.5 Å². The third kappa shape index (κ3) is 5.03. The number of ether oxygens (including phenoxy) is 1. The van der Waals surface area contributed by atoms with Gasteiger partial charge >= 0.3 is 5.97 Å². The van der Waals surface area contributed by atoms with Gasteiger partial charge in [-0.05, 0) is 55.5 Å². The normalized spacial score (nSPS) is 10.6. The number of para-hydroxylation sites is 1. The lowest BCUT2D eigenvalue weighted by Crippen LogP contribution is -2.13.